The SMILES string of the molecule is CCOCC(C)Nc1cc(Cl)ccc1F. The predicted octanol–water partition coefficient (Wildman–Crippen LogP) is 3.32. The molecule has 0 heterocycles. The second kappa shape index (κ2) is 5.93. The van der Waals surface area contributed by atoms with Crippen LogP contribution in [0.4, 0.5) is 10.1 Å². The Hall–Kier alpha value is -0.800. The van der Waals surface area contributed by atoms with E-state index in [0.29, 0.717) is 23.9 Å². The van der Waals surface area contributed by atoms with Crippen molar-refractivity contribution in [2.45, 2.75) is 19.9 Å². The Morgan fingerprint density at radius 1 is 1.53 bits per heavy atom. The predicted molar refractivity (Wildman–Crippen MR) is 61.0 cm³/mol. The molecule has 0 fully saturated rings. The van der Waals surface area contributed by atoms with E-state index in [-0.39, 0.29) is 11.9 Å². The number of halogens is 2. The van der Waals surface area contributed by atoms with Crippen molar-refractivity contribution >= 4 is 17.3 Å². The van der Waals surface area contributed by atoms with Gasteiger partial charge >= 0.3 is 0 Å². The van der Waals surface area contributed by atoms with Crippen LogP contribution in [0.2, 0.25) is 5.02 Å². The molecule has 1 atom stereocenters. The average Bonchev–Trinajstić information content (AvgIpc) is 2.20. The highest BCUT2D eigenvalue weighted by Crippen LogP contribution is 2.20. The molecule has 0 bridgehead atoms. The molecule has 1 aromatic carbocycles. The molecule has 0 aliphatic rings. The first-order valence-corrected chi connectivity index (χ1v) is 5.30. The van der Waals surface area contributed by atoms with E-state index in [1.165, 1.54) is 12.1 Å². The largest absolute Gasteiger partial charge is 0.380 e. The number of anilines is 1. The molecule has 1 N–H and O–H groups in total. The maximum absolute atomic E-state index is 13.3. The zero-order chi connectivity index (χ0) is 11.3. The topological polar surface area (TPSA) is 21.3 Å². The van der Waals surface area contributed by atoms with E-state index in [1.54, 1.807) is 6.07 Å². The van der Waals surface area contributed by atoms with Crippen LogP contribution in [0.3, 0.4) is 0 Å². The van der Waals surface area contributed by atoms with Gasteiger partial charge in [0.05, 0.1) is 12.3 Å². The lowest BCUT2D eigenvalue weighted by atomic mass is 10.2. The van der Waals surface area contributed by atoms with Gasteiger partial charge in [0.1, 0.15) is 5.82 Å². The average molecular weight is 232 g/mol. The van der Waals surface area contributed by atoms with Crippen LogP contribution in [0.5, 0.6) is 0 Å². The van der Waals surface area contributed by atoms with Gasteiger partial charge in [0, 0.05) is 17.7 Å². The first-order chi connectivity index (χ1) is 7.13. The van der Waals surface area contributed by atoms with E-state index in [9.17, 15) is 4.39 Å². The zero-order valence-corrected chi connectivity index (χ0v) is 9.64. The molecule has 0 aromatic heterocycles. The maximum atomic E-state index is 13.3. The molecule has 0 radical (unpaired) electrons. The minimum absolute atomic E-state index is 0.0536. The molecule has 0 aliphatic heterocycles. The molecule has 0 spiro atoms. The summed E-state index contributed by atoms with van der Waals surface area (Å²) in [5.41, 5.74) is 0.412. The van der Waals surface area contributed by atoms with E-state index in [2.05, 4.69) is 5.32 Å². The first kappa shape index (κ1) is 12.3. The summed E-state index contributed by atoms with van der Waals surface area (Å²) in [5, 5.41) is 3.52. The van der Waals surface area contributed by atoms with Crippen molar-refractivity contribution < 1.29 is 9.13 Å². The number of hydrogen-bond acceptors (Lipinski definition) is 2. The summed E-state index contributed by atoms with van der Waals surface area (Å²) < 4.78 is 18.5. The molecule has 2 nitrogen and oxygen atoms in total. The molecular weight excluding hydrogens is 217 g/mol. The molecule has 1 aromatic rings. The molecule has 1 rings (SSSR count). The maximum Gasteiger partial charge on any atom is 0.146 e. The lowest BCUT2D eigenvalue weighted by Crippen LogP contribution is -2.22. The van der Waals surface area contributed by atoms with Crippen LogP contribution in [0.1, 0.15) is 13.8 Å². The van der Waals surface area contributed by atoms with Crippen molar-refractivity contribution in [3.63, 3.8) is 0 Å². The lowest BCUT2D eigenvalue weighted by Gasteiger charge is -2.15. The van der Waals surface area contributed by atoms with Crippen molar-refractivity contribution in [1.29, 1.82) is 0 Å². The highest BCUT2D eigenvalue weighted by Gasteiger charge is 2.06. The van der Waals surface area contributed by atoms with Gasteiger partial charge in [0.15, 0.2) is 0 Å². The fraction of sp³-hybridized carbons (Fsp3) is 0.455. The molecule has 0 saturated heterocycles. The molecular formula is C11H15ClFNO. The van der Waals surface area contributed by atoms with Gasteiger partial charge in [-0.15, -0.1) is 0 Å². The Balaban J connectivity index is 2.59. The van der Waals surface area contributed by atoms with Crippen molar-refractivity contribution in [1.82, 2.24) is 0 Å². The number of nitrogens with one attached hydrogen (secondary N) is 1. The van der Waals surface area contributed by atoms with Crippen LogP contribution in [-0.4, -0.2) is 19.3 Å². The van der Waals surface area contributed by atoms with E-state index < -0.39 is 0 Å². The monoisotopic (exact) mass is 231 g/mol. The van der Waals surface area contributed by atoms with E-state index >= 15 is 0 Å². The molecule has 0 saturated carbocycles. The van der Waals surface area contributed by atoms with Gasteiger partial charge in [0.2, 0.25) is 0 Å². The highest BCUT2D eigenvalue weighted by molar-refractivity contribution is 6.30. The number of rotatable bonds is 5. The Kier molecular flexibility index (Phi) is 4.85. The van der Waals surface area contributed by atoms with Gasteiger partial charge < -0.3 is 10.1 Å². The van der Waals surface area contributed by atoms with Gasteiger partial charge in [-0.25, -0.2) is 4.39 Å². The molecule has 0 aliphatic carbocycles. The number of ether oxygens (including phenoxy) is 1. The van der Waals surface area contributed by atoms with Gasteiger partial charge in [-0.3, -0.25) is 0 Å². The first-order valence-electron chi connectivity index (χ1n) is 4.92. The molecule has 84 valence electrons. The Morgan fingerprint density at radius 3 is 2.93 bits per heavy atom. The van der Waals surface area contributed by atoms with Crippen LogP contribution >= 0.6 is 11.6 Å². The number of benzene rings is 1. The zero-order valence-electron chi connectivity index (χ0n) is 8.89. The summed E-state index contributed by atoms with van der Waals surface area (Å²) in [6.45, 7) is 5.05. The van der Waals surface area contributed by atoms with Crippen LogP contribution < -0.4 is 5.32 Å². The molecule has 4 heteroatoms. The number of hydrogen-bond donors (Lipinski definition) is 1. The fourth-order valence-electron chi connectivity index (χ4n) is 1.21. The summed E-state index contributed by atoms with van der Waals surface area (Å²) in [4.78, 5) is 0. The summed E-state index contributed by atoms with van der Waals surface area (Å²) in [6, 6.07) is 4.49. The molecule has 0 amide bonds. The van der Waals surface area contributed by atoms with Gasteiger partial charge in [-0.1, -0.05) is 11.6 Å². The summed E-state index contributed by atoms with van der Waals surface area (Å²) in [6.07, 6.45) is 0. The lowest BCUT2D eigenvalue weighted by molar-refractivity contribution is 0.141. The van der Waals surface area contributed by atoms with Crippen molar-refractivity contribution in [3.8, 4) is 0 Å². The van der Waals surface area contributed by atoms with Crippen molar-refractivity contribution in [3.05, 3.63) is 29.0 Å². The minimum Gasteiger partial charge on any atom is -0.380 e. The summed E-state index contributed by atoms with van der Waals surface area (Å²) in [5.74, 6) is -0.303. The smallest absolute Gasteiger partial charge is 0.146 e. The summed E-state index contributed by atoms with van der Waals surface area (Å²) >= 11 is 5.77. The normalized spacial score (nSPS) is 12.5. The van der Waals surface area contributed by atoms with Crippen molar-refractivity contribution in [2.24, 2.45) is 0 Å². The molecule has 15 heavy (non-hydrogen) atoms. The summed E-state index contributed by atoms with van der Waals surface area (Å²) in [7, 11) is 0. The van der Waals surface area contributed by atoms with E-state index in [1.807, 2.05) is 13.8 Å². The van der Waals surface area contributed by atoms with Crippen LogP contribution in [0, 0.1) is 5.82 Å². The minimum atomic E-state index is -0.303. The Labute approximate surface area is 94.4 Å². The second-order valence-electron chi connectivity index (χ2n) is 3.33. The molecule has 1 unspecified atom stereocenters. The van der Waals surface area contributed by atoms with E-state index in [4.69, 9.17) is 16.3 Å². The third-order valence-electron chi connectivity index (χ3n) is 1.90. The van der Waals surface area contributed by atoms with E-state index in [0.717, 1.165) is 0 Å². The van der Waals surface area contributed by atoms with Gasteiger partial charge in [-0.05, 0) is 32.0 Å². The van der Waals surface area contributed by atoms with Gasteiger partial charge in [-0.2, -0.15) is 0 Å². The Morgan fingerprint density at radius 2 is 2.27 bits per heavy atom. The fourth-order valence-corrected chi connectivity index (χ4v) is 1.38. The Bertz CT molecular complexity index is 319. The van der Waals surface area contributed by atoms with Crippen LogP contribution in [-0.2, 0) is 4.74 Å². The van der Waals surface area contributed by atoms with Gasteiger partial charge in [0.25, 0.3) is 0 Å². The quantitative estimate of drug-likeness (QED) is 0.840. The standard InChI is InChI=1S/C11H15ClFNO/c1-3-15-7-8(2)14-11-6-9(12)4-5-10(11)13/h4-6,8,14H,3,7H2,1-2H3. The third kappa shape index (κ3) is 4.06. The highest BCUT2D eigenvalue weighted by atomic mass is 35.5. The van der Waals surface area contributed by atoms with Crippen LogP contribution in [0.15, 0.2) is 18.2 Å². The third-order valence-corrected chi connectivity index (χ3v) is 2.14. The van der Waals surface area contributed by atoms with Crippen molar-refractivity contribution in [2.75, 3.05) is 18.5 Å². The second-order valence-corrected chi connectivity index (χ2v) is 3.77. The van der Waals surface area contributed by atoms with Crippen LogP contribution in [0.25, 0.3) is 0 Å².